The van der Waals surface area contributed by atoms with Crippen molar-refractivity contribution in [3.05, 3.63) is 17.7 Å². The van der Waals surface area contributed by atoms with Crippen molar-refractivity contribution in [3.8, 4) is 0 Å². The molecule has 94 valence electrons. The van der Waals surface area contributed by atoms with Crippen molar-refractivity contribution in [2.24, 2.45) is 0 Å². The third-order valence-corrected chi connectivity index (χ3v) is 2.09. The second kappa shape index (κ2) is 4.57. The van der Waals surface area contributed by atoms with E-state index >= 15 is 0 Å². The van der Waals surface area contributed by atoms with Crippen LogP contribution in [0.3, 0.4) is 0 Å². The summed E-state index contributed by atoms with van der Waals surface area (Å²) < 4.78 is 1.38. The first-order valence-corrected chi connectivity index (χ1v) is 5.27. The number of carbonyl (C=O) groups excluding carboxylic acids is 1. The van der Waals surface area contributed by atoms with Crippen molar-refractivity contribution < 1.29 is 14.7 Å². The minimum Gasteiger partial charge on any atom is -0.477 e. The quantitative estimate of drug-likeness (QED) is 0.817. The van der Waals surface area contributed by atoms with Crippen LogP contribution in [0.25, 0.3) is 0 Å². The van der Waals surface area contributed by atoms with Crippen molar-refractivity contribution in [1.29, 1.82) is 0 Å². The van der Waals surface area contributed by atoms with Gasteiger partial charge in [-0.3, -0.25) is 4.79 Å². The number of nitrogens with one attached hydrogen (secondary N) is 1. The van der Waals surface area contributed by atoms with E-state index in [1.165, 1.54) is 10.8 Å². The monoisotopic (exact) mass is 239 g/mol. The van der Waals surface area contributed by atoms with Crippen LogP contribution in [0.15, 0.2) is 6.20 Å². The SMILES string of the molecule is Cc1ncc(C(=O)O)n1CC(=O)NC(C)(C)C. The predicted octanol–water partition coefficient (Wildman–Crippen LogP) is 0.804. The molecule has 0 atom stereocenters. The smallest absolute Gasteiger partial charge is 0.354 e. The van der Waals surface area contributed by atoms with Crippen LogP contribution >= 0.6 is 0 Å². The van der Waals surface area contributed by atoms with E-state index in [9.17, 15) is 9.59 Å². The second-order valence-electron chi connectivity index (χ2n) is 4.88. The number of amides is 1. The van der Waals surface area contributed by atoms with Gasteiger partial charge in [-0.25, -0.2) is 9.78 Å². The molecule has 0 spiro atoms. The Kier molecular flexibility index (Phi) is 3.55. The summed E-state index contributed by atoms with van der Waals surface area (Å²) in [6.45, 7) is 7.22. The number of aromatic carboxylic acids is 1. The van der Waals surface area contributed by atoms with Crippen LogP contribution in [0, 0.1) is 6.92 Å². The first-order valence-electron chi connectivity index (χ1n) is 5.27. The Hall–Kier alpha value is -1.85. The van der Waals surface area contributed by atoms with E-state index in [0.717, 1.165) is 0 Å². The van der Waals surface area contributed by atoms with E-state index in [0.29, 0.717) is 5.82 Å². The zero-order chi connectivity index (χ0) is 13.2. The summed E-state index contributed by atoms with van der Waals surface area (Å²) in [6, 6.07) is 0. The lowest BCUT2D eigenvalue weighted by Gasteiger charge is -2.21. The van der Waals surface area contributed by atoms with Crippen molar-refractivity contribution >= 4 is 11.9 Å². The van der Waals surface area contributed by atoms with Gasteiger partial charge >= 0.3 is 5.97 Å². The van der Waals surface area contributed by atoms with Crippen molar-refractivity contribution in [2.75, 3.05) is 0 Å². The van der Waals surface area contributed by atoms with E-state index in [-0.39, 0.29) is 23.7 Å². The average Bonchev–Trinajstić information content (AvgIpc) is 2.44. The highest BCUT2D eigenvalue weighted by Crippen LogP contribution is 2.06. The Balaban J connectivity index is 2.85. The van der Waals surface area contributed by atoms with Crippen molar-refractivity contribution in [1.82, 2.24) is 14.9 Å². The number of aromatic nitrogens is 2. The highest BCUT2D eigenvalue weighted by molar-refractivity contribution is 5.86. The Morgan fingerprint density at radius 1 is 1.47 bits per heavy atom. The number of aryl methyl sites for hydroxylation is 1. The molecular formula is C11H17N3O3. The fourth-order valence-corrected chi connectivity index (χ4v) is 1.44. The van der Waals surface area contributed by atoms with Crippen LogP contribution in [0.1, 0.15) is 37.1 Å². The summed E-state index contributed by atoms with van der Waals surface area (Å²) in [7, 11) is 0. The van der Waals surface area contributed by atoms with E-state index in [2.05, 4.69) is 10.3 Å². The lowest BCUT2D eigenvalue weighted by atomic mass is 10.1. The molecule has 17 heavy (non-hydrogen) atoms. The van der Waals surface area contributed by atoms with Crippen LogP contribution in [0.2, 0.25) is 0 Å². The second-order valence-corrected chi connectivity index (χ2v) is 4.88. The van der Waals surface area contributed by atoms with Gasteiger partial charge in [0.1, 0.15) is 18.1 Å². The highest BCUT2D eigenvalue weighted by atomic mass is 16.4. The van der Waals surface area contributed by atoms with Crippen molar-refractivity contribution in [2.45, 2.75) is 39.8 Å². The maximum atomic E-state index is 11.7. The molecule has 1 rings (SSSR count). The van der Waals surface area contributed by atoms with Gasteiger partial charge in [0.25, 0.3) is 0 Å². The van der Waals surface area contributed by atoms with Gasteiger partial charge in [0.15, 0.2) is 0 Å². The fraction of sp³-hybridized carbons (Fsp3) is 0.545. The van der Waals surface area contributed by atoms with Gasteiger partial charge in [0, 0.05) is 5.54 Å². The average molecular weight is 239 g/mol. The lowest BCUT2D eigenvalue weighted by Crippen LogP contribution is -2.42. The number of hydrogen-bond donors (Lipinski definition) is 2. The van der Waals surface area contributed by atoms with E-state index in [1.807, 2.05) is 20.8 Å². The number of rotatable bonds is 3. The zero-order valence-electron chi connectivity index (χ0n) is 10.4. The summed E-state index contributed by atoms with van der Waals surface area (Å²) >= 11 is 0. The number of hydrogen-bond acceptors (Lipinski definition) is 3. The number of imidazole rings is 1. The molecule has 0 saturated carbocycles. The zero-order valence-corrected chi connectivity index (χ0v) is 10.4. The largest absolute Gasteiger partial charge is 0.477 e. The molecule has 0 unspecified atom stereocenters. The lowest BCUT2D eigenvalue weighted by molar-refractivity contribution is -0.123. The summed E-state index contributed by atoms with van der Waals surface area (Å²) in [5.74, 6) is -0.818. The highest BCUT2D eigenvalue weighted by Gasteiger charge is 2.18. The molecule has 1 heterocycles. The standard InChI is InChI=1S/C11H17N3O3/c1-7-12-5-8(10(16)17)14(7)6-9(15)13-11(2,3)4/h5H,6H2,1-4H3,(H,13,15)(H,16,17). The van der Waals surface area contributed by atoms with Gasteiger partial charge in [0.05, 0.1) is 6.20 Å². The topological polar surface area (TPSA) is 84.2 Å². The summed E-state index contributed by atoms with van der Waals surface area (Å²) in [5, 5.41) is 11.7. The maximum Gasteiger partial charge on any atom is 0.354 e. The Morgan fingerprint density at radius 2 is 2.06 bits per heavy atom. The number of carboxylic acid groups (broad SMARTS) is 1. The Bertz CT molecular complexity index is 443. The third kappa shape index (κ3) is 3.58. The molecule has 0 aliphatic rings. The first-order chi connectivity index (χ1) is 7.70. The first kappa shape index (κ1) is 13.2. The fourth-order valence-electron chi connectivity index (χ4n) is 1.44. The molecule has 0 aromatic carbocycles. The predicted molar refractivity (Wildman–Crippen MR) is 61.8 cm³/mol. The molecular weight excluding hydrogens is 222 g/mol. The molecule has 0 bridgehead atoms. The maximum absolute atomic E-state index is 11.7. The molecule has 0 radical (unpaired) electrons. The summed E-state index contributed by atoms with van der Waals surface area (Å²) in [4.78, 5) is 26.5. The molecule has 1 amide bonds. The van der Waals surface area contributed by atoms with Crippen molar-refractivity contribution in [3.63, 3.8) is 0 Å². The molecule has 1 aromatic rings. The third-order valence-electron chi connectivity index (χ3n) is 2.09. The van der Waals surface area contributed by atoms with E-state index in [4.69, 9.17) is 5.11 Å². The molecule has 0 aliphatic heterocycles. The number of nitrogens with zero attached hydrogens (tertiary/aromatic N) is 2. The Morgan fingerprint density at radius 3 is 2.53 bits per heavy atom. The molecule has 6 nitrogen and oxygen atoms in total. The van der Waals surface area contributed by atoms with Gasteiger partial charge in [-0.2, -0.15) is 0 Å². The molecule has 2 N–H and O–H groups in total. The van der Waals surface area contributed by atoms with Gasteiger partial charge in [0.2, 0.25) is 5.91 Å². The van der Waals surface area contributed by atoms with Crippen LogP contribution in [-0.4, -0.2) is 32.1 Å². The number of carbonyl (C=O) groups is 2. The van der Waals surface area contributed by atoms with Crippen LogP contribution in [0.4, 0.5) is 0 Å². The van der Waals surface area contributed by atoms with Crippen LogP contribution in [-0.2, 0) is 11.3 Å². The van der Waals surface area contributed by atoms with Crippen LogP contribution < -0.4 is 5.32 Å². The minimum absolute atomic E-state index is 0.0200. The summed E-state index contributed by atoms with van der Waals surface area (Å²) in [5.41, 5.74) is -0.318. The Labute approximate surface area is 99.7 Å². The molecule has 0 aliphatic carbocycles. The van der Waals surface area contributed by atoms with E-state index in [1.54, 1.807) is 6.92 Å². The molecule has 6 heteroatoms. The summed E-state index contributed by atoms with van der Waals surface area (Å²) in [6.07, 6.45) is 1.25. The van der Waals surface area contributed by atoms with Crippen LogP contribution in [0.5, 0.6) is 0 Å². The van der Waals surface area contributed by atoms with Gasteiger partial charge in [-0.05, 0) is 27.7 Å². The normalized spacial score (nSPS) is 11.3. The van der Waals surface area contributed by atoms with Gasteiger partial charge < -0.3 is 15.0 Å². The van der Waals surface area contributed by atoms with Gasteiger partial charge in [-0.15, -0.1) is 0 Å². The minimum atomic E-state index is -1.09. The van der Waals surface area contributed by atoms with E-state index < -0.39 is 5.97 Å². The van der Waals surface area contributed by atoms with Gasteiger partial charge in [-0.1, -0.05) is 0 Å². The molecule has 0 fully saturated rings. The molecule has 1 aromatic heterocycles. The molecule has 0 saturated heterocycles. The number of carboxylic acids is 1.